The zero-order chi connectivity index (χ0) is 14.7. The van der Waals surface area contributed by atoms with Gasteiger partial charge in [0.1, 0.15) is 5.75 Å². The van der Waals surface area contributed by atoms with Crippen LogP contribution in [-0.2, 0) is 14.6 Å². The first-order valence-corrected chi connectivity index (χ1v) is 6.68. The van der Waals surface area contributed by atoms with E-state index in [-0.39, 0.29) is 16.3 Å². The van der Waals surface area contributed by atoms with Crippen molar-refractivity contribution in [3.8, 4) is 5.75 Å². The summed E-state index contributed by atoms with van der Waals surface area (Å²) in [4.78, 5) is -0.280. The maximum atomic E-state index is 11.8. The smallest absolute Gasteiger partial charge is 0.497 e. The first-order valence-electron chi connectivity index (χ1n) is 5.02. The molecule has 1 rings (SSSR count). The average molecular weight is 299 g/mol. The van der Waals surface area contributed by atoms with Crippen molar-refractivity contribution in [3.05, 3.63) is 18.2 Å². The molecule has 0 aliphatic carbocycles. The predicted octanol–water partition coefficient (Wildman–Crippen LogP) is 1.59. The highest BCUT2D eigenvalue weighted by Crippen LogP contribution is 2.25. The highest BCUT2D eigenvalue weighted by molar-refractivity contribution is 7.91. The number of nitrogens with two attached hydrogens (primary N) is 1. The van der Waals surface area contributed by atoms with Gasteiger partial charge in [0, 0.05) is 6.07 Å². The Morgan fingerprint density at radius 2 is 1.95 bits per heavy atom. The molecule has 2 N–H and O–H groups in total. The lowest BCUT2D eigenvalue weighted by Crippen LogP contribution is -2.20. The molecule has 1 aromatic carbocycles. The van der Waals surface area contributed by atoms with Crippen LogP contribution in [0.25, 0.3) is 0 Å². The van der Waals surface area contributed by atoms with E-state index >= 15 is 0 Å². The summed E-state index contributed by atoms with van der Waals surface area (Å²) >= 11 is 0. The minimum absolute atomic E-state index is 0.0622. The first kappa shape index (κ1) is 15.6. The van der Waals surface area contributed by atoms with Crippen LogP contribution in [0.5, 0.6) is 5.75 Å². The summed E-state index contributed by atoms with van der Waals surface area (Å²) < 4.78 is 67.2. The van der Waals surface area contributed by atoms with E-state index in [9.17, 15) is 21.6 Å². The van der Waals surface area contributed by atoms with Gasteiger partial charge in [-0.15, -0.1) is 13.2 Å². The Labute approximate surface area is 108 Å². The van der Waals surface area contributed by atoms with E-state index in [1.165, 1.54) is 19.2 Å². The van der Waals surface area contributed by atoms with Gasteiger partial charge in [0.05, 0.1) is 30.1 Å². The second kappa shape index (κ2) is 5.66. The van der Waals surface area contributed by atoms with Crippen molar-refractivity contribution in [2.45, 2.75) is 11.3 Å². The third-order valence-corrected chi connectivity index (χ3v) is 3.90. The summed E-state index contributed by atoms with van der Waals surface area (Å²) in [5.74, 6) is -0.589. The van der Waals surface area contributed by atoms with Crippen molar-refractivity contribution < 1.29 is 31.1 Å². The number of sulfone groups is 1. The molecular formula is C10H12F3NO4S. The summed E-state index contributed by atoms with van der Waals surface area (Å²) in [5, 5.41) is 0. The SMILES string of the molecule is COc1ccc(N)c(S(=O)(=O)CCOC(F)(F)F)c1. The van der Waals surface area contributed by atoms with Gasteiger partial charge in [-0.3, -0.25) is 4.74 Å². The van der Waals surface area contributed by atoms with Gasteiger partial charge in [-0.1, -0.05) is 0 Å². The van der Waals surface area contributed by atoms with Crippen LogP contribution in [0, 0.1) is 0 Å². The fourth-order valence-electron chi connectivity index (χ4n) is 1.29. The zero-order valence-electron chi connectivity index (χ0n) is 9.90. The fourth-order valence-corrected chi connectivity index (χ4v) is 2.53. The Kier molecular flexibility index (Phi) is 4.64. The van der Waals surface area contributed by atoms with Crippen LogP contribution in [0.4, 0.5) is 18.9 Å². The molecule has 0 amide bonds. The first-order chi connectivity index (χ1) is 8.65. The number of anilines is 1. The Hall–Kier alpha value is -1.48. The van der Waals surface area contributed by atoms with E-state index in [1.54, 1.807) is 0 Å². The monoisotopic (exact) mass is 299 g/mol. The molecule has 19 heavy (non-hydrogen) atoms. The molecule has 0 saturated heterocycles. The van der Waals surface area contributed by atoms with Gasteiger partial charge in [-0.05, 0) is 12.1 Å². The van der Waals surface area contributed by atoms with Crippen molar-refractivity contribution in [2.24, 2.45) is 0 Å². The number of alkyl halides is 3. The summed E-state index contributed by atoms with van der Waals surface area (Å²) in [6, 6.07) is 3.90. The van der Waals surface area contributed by atoms with E-state index in [1.807, 2.05) is 0 Å². The summed E-state index contributed by atoms with van der Waals surface area (Å²) in [7, 11) is -2.65. The molecule has 0 fully saturated rings. The second-order valence-electron chi connectivity index (χ2n) is 3.52. The minimum Gasteiger partial charge on any atom is -0.497 e. The molecule has 0 saturated carbocycles. The Bertz CT molecular complexity index is 542. The molecule has 0 bridgehead atoms. The third-order valence-electron chi connectivity index (χ3n) is 2.17. The lowest BCUT2D eigenvalue weighted by Gasteiger charge is -2.10. The summed E-state index contributed by atoms with van der Waals surface area (Å²) in [5.41, 5.74) is 5.43. The number of nitrogen functional groups attached to an aromatic ring is 1. The number of hydrogen-bond acceptors (Lipinski definition) is 5. The largest absolute Gasteiger partial charge is 0.522 e. The number of halogens is 3. The Morgan fingerprint density at radius 1 is 1.32 bits per heavy atom. The Morgan fingerprint density at radius 3 is 2.47 bits per heavy atom. The molecule has 0 heterocycles. The molecule has 9 heteroatoms. The zero-order valence-corrected chi connectivity index (χ0v) is 10.7. The van der Waals surface area contributed by atoms with Crippen LogP contribution in [-0.4, -0.2) is 34.2 Å². The van der Waals surface area contributed by atoms with Crippen LogP contribution >= 0.6 is 0 Å². The second-order valence-corrected chi connectivity index (χ2v) is 5.59. The molecule has 0 aliphatic rings. The number of ether oxygens (including phenoxy) is 2. The van der Waals surface area contributed by atoms with Crippen molar-refractivity contribution in [2.75, 3.05) is 25.2 Å². The van der Waals surface area contributed by atoms with Gasteiger partial charge < -0.3 is 10.5 Å². The average Bonchev–Trinajstić information content (AvgIpc) is 2.27. The summed E-state index contributed by atoms with van der Waals surface area (Å²) in [6.07, 6.45) is -4.87. The van der Waals surface area contributed by atoms with Gasteiger partial charge in [0.2, 0.25) is 0 Å². The van der Waals surface area contributed by atoms with E-state index < -0.39 is 28.6 Å². The number of methoxy groups -OCH3 is 1. The highest BCUT2D eigenvalue weighted by Gasteiger charge is 2.30. The molecule has 108 valence electrons. The van der Waals surface area contributed by atoms with Crippen molar-refractivity contribution in [1.29, 1.82) is 0 Å². The van der Waals surface area contributed by atoms with Crippen molar-refractivity contribution >= 4 is 15.5 Å². The maximum Gasteiger partial charge on any atom is 0.522 e. The fraction of sp³-hybridized carbons (Fsp3) is 0.400. The number of rotatable bonds is 5. The molecule has 0 radical (unpaired) electrons. The van der Waals surface area contributed by atoms with E-state index in [4.69, 9.17) is 10.5 Å². The normalized spacial score (nSPS) is 12.4. The lowest BCUT2D eigenvalue weighted by atomic mass is 10.3. The van der Waals surface area contributed by atoms with Gasteiger partial charge in [0.15, 0.2) is 9.84 Å². The van der Waals surface area contributed by atoms with Crippen LogP contribution < -0.4 is 10.5 Å². The van der Waals surface area contributed by atoms with E-state index in [2.05, 4.69) is 4.74 Å². The molecule has 0 unspecified atom stereocenters. The molecule has 5 nitrogen and oxygen atoms in total. The molecule has 1 aromatic rings. The number of hydrogen-bond donors (Lipinski definition) is 1. The quantitative estimate of drug-likeness (QED) is 0.835. The molecule has 0 aliphatic heterocycles. The summed E-state index contributed by atoms with van der Waals surface area (Å²) in [6.45, 7) is -0.998. The third kappa shape index (κ3) is 4.60. The van der Waals surface area contributed by atoms with Gasteiger partial charge >= 0.3 is 6.36 Å². The van der Waals surface area contributed by atoms with Crippen LogP contribution in [0.2, 0.25) is 0 Å². The molecule has 0 aromatic heterocycles. The topological polar surface area (TPSA) is 78.6 Å². The number of benzene rings is 1. The van der Waals surface area contributed by atoms with Crippen LogP contribution in [0.3, 0.4) is 0 Å². The Balaban J connectivity index is 2.88. The lowest BCUT2D eigenvalue weighted by molar-refractivity contribution is -0.322. The molecular weight excluding hydrogens is 287 g/mol. The predicted molar refractivity (Wildman–Crippen MR) is 61.5 cm³/mol. The standard InChI is InChI=1S/C10H12F3NO4S/c1-17-7-2-3-8(14)9(6-7)19(15,16)5-4-18-10(11,12)13/h2-3,6H,4-5,14H2,1H3. The van der Waals surface area contributed by atoms with Crippen LogP contribution in [0.15, 0.2) is 23.1 Å². The maximum absolute atomic E-state index is 11.8. The molecule has 0 atom stereocenters. The van der Waals surface area contributed by atoms with Gasteiger partial charge in [-0.25, -0.2) is 8.42 Å². The van der Waals surface area contributed by atoms with Gasteiger partial charge in [0.25, 0.3) is 0 Å². The van der Waals surface area contributed by atoms with E-state index in [0.29, 0.717) is 0 Å². The van der Waals surface area contributed by atoms with Crippen molar-refractivity contribution in [3.63, 3.8) is 0 Å². The van der Waals surface area contributed by atoms with Crippen molar-refractivity contribution in [1.82, 2.24) is 0 Å². The minimum atomic E-state index is -4.87. The van der Waals surface area contributed by atoms with E-state index in [0.717, 1.165) is 6.07 Å². The van der Waals surface area contributed by atoms with Gasteiger partial charge in [-0.2, -0.15) is 0 Å². The molecule has 0 spiro atoms. The highest BCUT2D eigenvalue weighted by atomic mass is 32.2. The van der Waals surface area contributed by atoms with Crippen LogP contribution in [0.1, 0.15) is 0 Å².